The predicted molar refractivity (Wildman–Crippen MR) is 76.2 cm³/mol. The quantitative estimate of drug-likeness (QED) is 0.855. The Morgan fingerprint density at radius 2 is 2.28 bits per heavy atom. The lowest BCUT2D eigenvalue weighted by molar-refractivity contribution is 0.153. The minimum atomic E-state index is 0.774. The van der Waals surface area contributed by atoms with Gasteiger partial charge in [0.15, 0.2) is 5.13 Å². The number of ether oxygens (including phenoxy) is 1. The topological polar surface area (TPSA) is 34.2 Å². The molecule has 1 aliphatic rings. The highest BCUT2D eigenvalue weighted by Gasteiger charge is 2.05. The molecular formula is C14H16N2OS. The number of para-hydroxylation sites is 1. The molecule has 0 saturated heterocycles. The van der Waals surface area contributed by atoms with E-state index in [4.69, 9.17) is 4.74 Å². The number of fused-ring (bicyclic) bond motifs is 1. The van der Waals surface area contributed by atoms with Crippen molar-refractivity contribution < 1.29 is 4.74 Å². The summed E-state index contributed by atoms with van der Waals surface area (Å²) in [5.74, 6) is 0. The van der Waals surface area contributed by atoms with Crippen LogP contribution in [-0.2, 0) is 4.74 Å². The molecule has 0 fully saturated rings. The summed E-state index contributed by atoms with van der Waals surface area (Å²) in [7, 11) is 0. The monoisotopic (exact) mass is 260 g/mol. The molecule has 0 amide bonds. The zero-order valence-corrected chi connectivity index (χ0v) is 11.0. The lowest BCUT2D eigenvalue weighted by Gasteiger charge is -2.13. The van der Waals surface area contributed by atoms with E-state index in [-0.39, 0.29) is 0 Å². The second-order valence-corrected chi connectivity index (χ2v) is 5.38. The number of nitrogens with zero attached hydrogens (tertiary/aromatic N) is 1. The largest absolute Gasteiger partial charge is 0.377 e. The summed E-state index contributed by atoms with van der Waals surface area (Å²) in [5.41, 5.74) is 2.57. The van der Waals surface area contributed by atoms with Gasteiger partial charge in [-0.25, -0.2) is 4.98 Å². The Morgan fingerprint density at radius 1 is 1.33 bits per heavy atom. The first kappa shape index (κ1) is 11.7. The summed E-state index contributed by atoms with van der Waals surface area (Å²) < 4.78 is 6.54. The number of benzene rings is 1. The van der Waals surface area contributed by atoms with Crippen molar-refractivity contribution in [2.45, 2.75) is 12.8 Å². The van der Waals surface area contributed by atoms with Crippen LogP contribution in [0.3, 0.4) is 0 Å². The molecule has 2 aromatic rings. The molecule has 0 aliphatic carbocycles. The highest BCUT2D eigenvalue weighted by molar-refractivity contribution is 7.22. The molecule has 2 heterocycles. The first-order valence-electron chi connectivity index (χ1n) is 6.27. The van der Waals surface area contributed by atoms with Gasteiger partial charge in [0, 0.05) is 6.54 Å². The van der Waals surface area contributed by atoms with E-state index < -0.39 is 0 Å². The third kappa shape index (κ3) is 2.71. The number of nitrogens with one attached hydrogen (secondary N) is 1. The Labute approximate surface area is 110 Å². The van der Waals surface area contributed by atoms with E-state index in [0.717, 1.165) is 43.2 Å². The highest BCUT2D eigenvalue weighted by Crippen LogP contribution is 2.25. The average Bonchev–Trinajstić information content (AvgIpc) is 2.82. The molecule has 18 heavy (non-hydrogen) atoms. The fraction of sp³-hybridized carbons (Fsp3) is 0.357. The summed E-state index contributed by atoms with van der Waals surface area (Å²) in [4.78, 5) is 4.56. The molecule has 0 unspecified atom stereocenters. The predicted octanol–water partition coefficient (Wildman–Crippen LogP) is 3.45. The Morgan fingerprint density at radius 3 is 3.11 bits per heavy atom. The van der Waals surface area contributed by atoms with Crippen LogP contribution in [0.2, 0.25) is 0 Å². The number of thiazole rings is 1. The molecule has 0 spiro atoms. The maximum atomic E-state index is 5.30. The molecule has 3 rings (SSSR count). The van der Waals surface area contributed by atoms with Crippen molar-refractivity contribution in [3.05, 3.63) is 35.9 Å². The van der Waals surface area contributed by atoms with Gasteiger partial charge in [0.2, 0.25) is 0 Å². The molecule has 1 aromatic carbocycles. The van der Waals surface area contributed by atoms with Crippen molar-refractivity contribution in [1.29, 1.82) is 0 Å². The number of aromatic nitrogens is 1. The molecule has 0 bridgehead atoms. The first-order valence-corrected chi connectivity index (χ1v) is 7.08. The average molecular weight is 260 g/mol. The van der Waals surface area contributed by atoms with Crippen molar-refractivity contribution in [1.82, 2.24) is 4.98 Å². The van der Waals surface area contributed by atoms with E-state index in [0.29, 0.717) is 0 Å². The normalized spacial score (nSPS) is 15.7. The van der Waals surface area contributed by atoms with Gasteiger partial charge in [-0.15, -0.1) is 0 Å². The molecule has 1 N–H and O–H groups in total. The second-order valence-electron chi connectivity index (χ2n) is 4.35. The van der Waals surface area contributed by atoms with Gasteiger partial charge in [-0.05, 0) is 25.0 Å². The summed E-state index contributed by atoms with van der Waals surface area (Å²) in [6.07, 6.45) is 4.35. The summed E-state index contributed by atoms with van der Waals surface area (Å²) in [6, 6.07) is 8.24. The molecular weight excluding hydrogens is 244 g/mol. The molecule has 0 radical (unpaired) electrons. The maximum absolute atomic E-state index is 5.30. The fourth-order valence-corrected chi connectivity index (χ4v) is 2.96. The Balaban J connectivity index is 1.58. The van der Waals surface area contributed by atoms with Crippen molar-refractivity contribution >= 4 is 26.7 Å². The van der Waals surface area contributed by atoms with Crippen LogP contribution in [-0.4, -0.2) is 24.7 Å². The second kappa shape index (κ2) is 5.50. The zero-order chi connectivity index (χ0) is 12.2. The van der Waals surface area contributed by atoms with Crippen LogP contribution in [0.4, 0.5) is 5.13 Å². The summed E-state index contributed by atoms with van der Waals surface area (Å²) >= 11 is 1.72. The van der Waals surface area contributed by atoms with Crippen molar-refractivity contribution in [3.63, 3.8) is 0 Å². The van der Waals surface area contributed by atoms with E-state index in [1.165, 1.54) is 10.3 Å². The van der Waals surface area contributed by atoms with Gasteiger partial charge in [-0.2, -0.15) is 0 Å². The maximum Gasteiger partial charge on any atom is 0.183 e. The van der Waals surface area contributed by atoms with Gasteiger partial charge < -0.3 is 10.1 Å². The van der Waals surface area contributed by atoms with Crippen LogP contribution < -0.4 is 5.32 Å². The third-order valence-corrected chi connectivity index (χ3v) is 4.07. The Kier molecular flexibility index (Phi) is 3.57. The van der Waals surface area contributed by atoms with Gasteiger partial charge in [0.25, 0.3) is 0 Å². The Hall–Kier alpha value is -1.39. The lowest BCUT2D eigenvalue weighted by Crippen LogP contribution is -2.08. The van der Waals surface area contributed by atoms with Crippen molar-refractivity contribution in [2.75, 3.05) is 25.1 Å². The van der Waals surface area contributed by atoms with Gasteiger partial charge >= 0.3 is 0 Å². The first-order chi connectivity index (χ1) is 8.92. The van der Waals surface area contributed by atoms with E-state index in [1.807, 2.05) is 6.07 Å². The molecule has 1 aromatic heterocycles. The number of hydrogen-bond donors (Lipinski definition) is 1. The summed E-state index contributed by atoms with van der Waals surface area (Å²) in [6.45, 7) is 2.59. The van der Waals surface area contributed by atoms with Gasteiger partial charge in [-0.1, -0.05) is 35.1 Å². The molecule has 0 saturated carbocycles. The molecule has 4 heteroatoms. The van der Waals surface area contributed by atoms with Crippen LogP contribution in [0.15, 0.2) is 35.9 Å². The van der Waals surface area contributed by atoms with Crippen molar-refractivity contribution in [2.24, 2.45) is 0 Å². The third-order valence-electron chi connectivity index (χ3n) is 3.07. The smallest absolute Gasteiger partial charge is 0.183 e. The van der Waals surface area contributed by atoms with Crippen molar-refractivity contribution in [3.8, 4) is 0 Å². The number of rotatable bonds is 4. The standard InChI is InChI=1S/C14H16N2OS/c1-2-4-13-12(3-1)16-14(18-13)15-8-5-11-6-9-17-10-7-11/h1-4,6H,5,7-10H2,(H,15,16). The lowest BCUT2D eigenvalue weighted by atomic mass is 10.1. The van der Waals surface area contributed by atoms with E-state index in [2.05, 4.69) is 34.6 Å². The van der Waals surface area contributed by atoms with Gasteiger partial charge in [-0.3, -0.25) is 0 Å². The minimum absolute atomic E-state index is 0.774. The SMILES string of the molecule is C1=C(CCNc2nc3ccccc3s2)CCOC1. The van der Waals surface area contributed by atoms with Crippen LogP contribution in [0.5, 0.6) is 0 Å². The van der Waals surface area contributed by atoms with Crippen LogP contribution >= 0.6 is 11.3 Å². The van der Waals surface area contributed by atoms with Gasteiger partial charge in [0.05, 0.1) is 23.4 Å². The number of anilines is 1. The molecule has 94 valence electrons. The zero-order valence-electron chi connectivity index (χ0n) is 10.2. The number of hydrogen-bond acceptors (Lipinski definition) is 4. The molecule has 1 aliphatic heterocycles. The fourth-order valence-electron chi connectivity index (χ4n) is 2.07. The van der Waals surface area contributed by atoms with Crippen LogP contribution in [0, 0.1) is 0 Å². The molecule has 3 nitrogen and oxygen atoms in total. The van der Waals surface area contributed by atoms with E-state index in [1.54, 1.807) is 11.3 Å². The van der Waals surface area contributed by atoms with Crippen LogP contribution in [0.25, 0.3) is 10.2 Å². The van der Waals surface area contributed by atoms with Gasteiger partial charge in [0.1, 0.15) is 0 Å². The minimum Gasteiger partial charge on any atom is -0.377 e. The molecule has 0 atom stereocenters. The Bertz CT molecular complexity index is 529. The highest BCUT2D eigenvalue weighted by atomic mass is 32.1. The van der Waals surface area contributed by atoms with E-state index in [9.17, 15) is 0 Å². The summed E-state index contributed by atoms with van der Waals surface area (Å²) in [5, 5.41) is 4.42. The van der Waals surface area contributed by atoms with E-state index >= 15 is 0 Å². The van der Waals surface area contributed by atoms with Crippen LogP contribution in [0.1, 0.15) is 12.8 Å².